The molecule has 0 aromatic heterocycles. The lowest BCUT2D eigenvalue weighted by atomic mass is 9.94. The van der Waals surface area contributed by atoms with Crippen molar-refractivity contribution in [3.63, 3.8) is 0 Å². The van der Waals surface area contributed by atoms with Gasteiger partial charge in [-0.15, -0.1) is 0 Å². The van der Waals surface area contributed by atoms with E-state index in [0.717, 1.165) is 12.0 Å². The van der Waals surface area contributed by atoms with Gasteiger partial charge in [0.1, 0.15) is 0 Å². The molecule has 0 nitrogen and oxygen atoms in total. The van der Waals surface area contributed by atoms with E-state index >= 15 is 0 Å². The van der Waals surface area contributed by atoms with Crippen LogP contribution in [0.3, 0.4) is 0 Å². The third-order valence-corrected chi connectivity index (χ3v) is 6.25. The third-order valence-electron chi connectivity index (χ3n) is 6.25. The first kappa shape index (κ1) is 23.9. The lowest BCUT2D eigenvalue weighted by molar-refractivity contribution is 0.570. The predicted molar refractivity (Wildman–Crippen MR) is 140 cm³/mol. The molecule has 0 saturated heterocycles. The molecule has 0 amide bonds. The molecule has 0 heterocycles. The molecular weight excluding hydrogens is 384 g/mol. The van der Waals surface area contributed by atoms with Crippen molar-refractivity contribution in [1.29, 1.82) is 0 Å². The van der Waals surface area contributed by atoms with E-state index in [9.17, 15) is 0 Å². The molecule has 0 fully saturated rings. The topological polar surface area (TPSA) is 0 Å². The summed E-state index contributed by atoms with van der Waals surface area (Å²) in [5.41, 5.74) is 8.09. The zero-order chi connectivity index (χ0) is 22.4. The zero-order valence-electron chi connectivity index (χ0n) is 20.0. The second-order valence-corrected chi connectivity index (χ2v) is 8.96. The maximum Gasteiger partial charge on any atom is 0.0245 e. The lowest BCUT2D eigenvalue weighted by Gasteiger charge is -2.11. The van der Waals surface area contributed by atoms with Gasteiger partial charge in [-0.2, -0.15) is 0 Å². The molecule has 0 heteroatoms. The van der Waals surface area contributed by atoms with E-state index in [4.69, 9.17) is 0 Å². The van der Waals surface area contributed by atoms with E-state index in [1.54, 1.807) is 0 Å². The van der Waals surface area contributed by atoms with Crippen LogP contribution in [0.25, 0.3) is 11.1 Å². The minimum absolute atomic E-state index is 1.02. The summed E-state index contributed by atoms with van der Waals surface area (Å²) in [4.78, 5) is 0. The van der Waals surface area contributed by atoms with Gasteiger partial charge in [0, 0.05) is 12.0 Å². The molecule has 0 saturated carbocycles. The molecule has 3 aromatic rings. The predicted octanol–water partition coefficient (Wildman–Crippen LogP) is 9.08. The molecule has 0 radical (unpaired) electrons. The summed E-state index contributed by atoms with van der Waals surface area (Å²) >= 11 is 0. The van der Waals surface area contributed by atoms with Gasteiger partial charge in [-0.25, -0.2) is 0 Å². The first-order chi connectivity index (χ1) is 15.7. The molecule has 0 aliphatic carbocycles. The van der Waals surface area contributed by atoms with Crippen molar-refractivity contribution < 1.29 is 0 Å². The monoisotopic (exact) mass is 422 g/mol. The van der Waals surface area contributed by atoms with Crippen molar-refractivity contribution in [3.8, 4) is 23.0 Å². The molecule has 32 heavy (non-hydrogen) atoms. The van der Waals surface area contributed by atoms with Crippen LogP contribution in [0.15, 0.2) is 72.8 Å². The molecule has 3 rings (SSSR count). The van der Waals surface area contributed by atoms with Crippen molar-refractivity contribution >= 4 is 0 Å². The fraction of sp³-hybridized carbons (Fsp3) is 0.375. The lowest BCUT2D eigenvalue weighted by Crippen LogP contribution is -1.91. The fourth-order valence-corrected chi connectivity index (χ4v) is 4.35. The van der Waals surface area contributed by atoms with Crippen LogP contribution >= 0.6 is 0 Å². The highest BCUT2D eigenvalue weighted by molar-refractivity contribution is 5.70. The molecule has 0 unspecified atom stereocenters. The Hall–Kier alpha value is -2.78. The van der Waals surface area contributed by atoms with E-state index in [2.05, 4.69) is 80.3 Å². The Morgan fingerprint density at radius 1 is 0.562 bits per heavy atom. The van der Waals surface area contributed by atoms with Crippen LogP contribution in [0.5, 0.6) is 0 Å². The van der Waals surface area contributed by atoms with Gasteiger partial charge in [-0.3, -0.25) is 0 Å². The Morgan fingerprint density at radius 3 is 1.91 bits per heavy atom. The summed E-state index contributed by atoms with van der Waals surface area (Å²) in [6.45, 7) is 4.45. The second-order valence-electron chi connectivity index (χ2n) is 8.96. The minimum atomic E-state index is 1.02. The van der Waals surface area contributed by atoms with Gasteiger partial charge in [-0.05, 0) is 73.1 Å². The Labute approximate surface area is 196 Å². The standard InChI is InChI=1S/C32H38/c1-27-18-16-17-23-31(27)32-25-24-30(26-28(32)2)22-13-10-8-6-4-3-5-7-9-12-19-29-20-14-11-15-21-29/h11,14-18,20-21,23-26H,3-10,13,22H2,1-2H3. The molecule has 0 aliphatic rings. The highest BCUT2D eigenvalue weighted by Gasteiger charge is 2.05. The molecule has 0 spiro atoms. The van der Waals surface area contributed by atoms with Gasteiger partial charge in [0.05, 0.1) is 0 Å². The van der Waals surface area contributed by atoms with Gasteiger partial charge >= 0.3 is 0 Å². The average molecular weight is 423 g/mol. The minimum Gasteiger partial charge on any atom is -0.0979 e. The first-order valence-electron chi connectivity index (χ1n) is 12.4. The number of aryl methyl sites for hydroxylation is 3. The third kappa shape index (κ3) is 8.05. The van der Waals surface area contributed by atoms with Crippen molar-refractivity contribution in [2.75, 3.05) is 0 Å². The summed E-state index contributed by atoms with van der Waals surface area (Å²) < 4.78 is 0. The molecule has 0 aliphatic heterocycles. The Balaban J connectivity index is 1.24. The van der Waals surface area contributed by atoms with E-state index in [-0.39, 0.29) is 0 Å². The highest BCUT2D eigenvalue weighted by Crippen LogP contribution is 2.27. The average Bonchev–Trinajstić information content (AvgIpc) is 2.81. The summed E-state index contributed by atoms with van der Waals surface area (Å²) in [6.07, 6.45) is 12.9. The van der Waals surface area contributed by atoms with Gasteiger partial charge in [0.15, 0.2) is 0 Å². The van der Waals surface area contributed by atoms with E-state index < -0.39 is 0 Å². The van der Waals surface area contributed by atoms with Crippen LogP contribution < -0.4 is 0 Å². The van der Waals surface area contributed by atoms with E-state index in [1.165, 1.54) is 85.6 Å². The number of hydrogen-bond donors (Lipinski definition) is 0. The molecule has 3 aromatic carbocycles. The smallest absolute Gasteiger partial charge is 0.0245 e. The van der Waals surface area contributed by atoms with Crippen LogP contribution in [-0.4, -0.2) is 0 Å². The number of benzene rings is 3. The molecule has 0 N–H and O–H groups in total. The SMILES string of the molecule is Cc1ccccc1-c1ccc(CCCCCCCCCCC#Cc2ccccc2)cc1C. The fourth-order valence-electron chi connectivity index (χ4n) is 4.35. The van der Waals surface area contributed by atoms with Gasteiger partial charge in [0.25, 0.3) is 0 Å². The maximum absolute atomic E-state index is 3.31. The van der Waals surface area contributed by atoms with Crippen LogP contribution in [-0.2, 0) is 6.42 Å². The van der Waals surface area contributed by atoms with Gasteiger partial charge < -0.3 is 0 Å². The van der Waals surface area contributed by atoms with E-state index in [1.807, 2.05) is 18.2 Å². The summed E-state index contributed by atoms with van der Waals surface area (Å²) in [5, 5.41) is 0. The maximum atomic E-state index is 3.31. The quantitative estimate of drug-likeness (QED) is 0.213. The van der Waals surface area contributed by atoms with Crippen LogP contribution in [0.1, 0.15) is 80.0 Å². The first-order valence-corrected chi connectivity index (χ1v) is 12.4. The molecular formula is C32H38. The number of hydrogen-bond acceptors (Lipinski definition) is 0. The van der Waals surface area contributed by atoms with Crippen LogP contribution in [0, 0.1) is 25.7 Å². The summed E-state index contributed by atoms with van der Waals surface area (Å²) in [6, 6.07) is 26.0. The van der Waals surface area contributed by atoms with Crippen molar-refractivity contribution in [2.45, 2.75) is 78.1 Å². The van der Waals surface area contributed by atoms with Crippen molar-refractivity contribution in [3.05, 3.63) is 95.1 Å². The Bertz CT molecular complexity index is 1000. The van der Waals surface area contributed by atoms with Crippen molar-refractivity contribution in [2.24, 2.45) is 0 Å². The van der Waals surface area contributed by atoms with E-state index in [0.29, 0.717) is 0 Å². The van der Waals surface area contributed by atoms with Crippen LogP contribution in [0.2, 0.25) is 0 Å². The van der Waals surface area contributed by atoms with Crippen LogP contribution in [0.4, 0.5) is 0 Å². The Kier molecular flexibility index (Phi) is 10.1. The Morgan fingerprint density at radius 2 is 1.19 bits per heavy atom. The molecule has 0 atom stereocenters. The molecule has 0 bridgehead atoms. The van der Waals surface area contributed by atoms with Crippen molar-refractivity contribution in [1.82, 2.24) is 0 Å². The van der Waals surface area contributed by atoms with Gasteiger partial charge in [0.2, 0.25) is 0 Å². The zero-order valence-corrected chi connectivity index (χ0v) is 20.0. The number of rotatable bonds is 11. The largest absolute Gasteiger partial charge is 0.0979 e. The van der Waals surface area contributed by atoms with Gasteiger partial charge in [-0.1, -0.05) is 111 Å². The highest BCUT2D eigenvalue weighted by atomic mass is 14.1. The number of unbranched alkanes of at least 4 members (excludes halogenated alkanes) is 8. The second kappa shape index (κ2) is 13.6. The normalized spacial score (nSPS) is 10.6. The summed E-state index contributed by atoms with van der Waals surface area (Å²) in [7, 11) is 0. The molecule has 166 valence electrons. The summed E-state index contributed by atoms with van der Waals surface area (Å²) in [5.74, 6) is 6.56.